The Labute approximate surface area is 354 Å². The van der Waals surface area contributed by atoms with Crippen LogP contribution in [0, 0.1) is 0 Å². The van der Waals surface area contributed by atoms with Crippen LogP contribution in [0.25, 0.3) is 106 Å². The largest absolute Gasteiger partial charge is 0.309 e. The highest BCUT2D eigenvalue weighted by Gasteiger charge is 2.16. The van der Waals surface area contributed by atoms with Gasteiger partial charge < -0.3 is 4.57 Å². The summed E-state index contributed by atoms with van der Waals surface area (Å²) in [5.41, 5.74) is 15.5. The van der Waals surface area contributed by atoms with Gasteiger partial charge in [0.05, 0.1) is 11.0 Å². The third kappa shape index (κ3) is 6.96. The van der Waals surface area contributed by atoms with E-state index >= 15 is 0 Å². The van der Waals surface area contributed by atoms with Crippen molar-refractivity contribution in [1.29, 1.82) is 0 Å². The lowest BCUT2D eigenvalue weighted by molar-refractivity contribution is 1.07. The topological polar surface area (TPSA) is 43.6 Å². The molecule has 0 N–H and O–H groups in total. The van der Waals surface area contributed by atoms with E-state index in [0.717, 1.165) is 50.1 Å². The minimum absolute atomic E-state index is 0.619. The van der Waals surface area contributed by atoms with Gasteiger partial charge in [0.2, 0.25) is 0 Å². The van der Waals surface area contributed by atoms with Gasteiger partial charge in [-0.15, -0.1) is 0 Å². The summed E-state index contributed by atoms with van der Waals surface area (Å²) < 4.78 is 2.35. The Morgan fingerprint density at radius 1 is 0.230 bits per heavy atom. The molecule has 0 amide bonds. The molecule has 61 heavy (non-hydrogen) atoms. The van der Waals surface area contributed by atoms with Gasteiger partial charge >= 0.3 is 0 Å². The third-order valence-corrected chi connectivity index (χ3v) is 11.5. The van der Waals surface area contributed by atoms with Gasteiger partial charge in [0.25, 0.3) is 0 Å². The molecule has 0 fully saturated rings. The Kier molecular flexibility index (Phi) is 9.14. The van der Waals surface area contributed by atoms with Crippen LogP contribution >= 0.6 is 0 Å². The molecule has 286 valence electrons. The summed E-state index contributed by atoms with van der Waals surface area (Å²) >= 11 is 0. The molecule has 11 aromatic rings. The zero-order valence-electron chi connectivity index (χ0n) is 33.2. The van der Waals surface area contributed by atoms with Crippen molar-refractivity contribution in [2.24, 2.45) is 0 Å². The van der Waals surface area contributed by atoms with Crippen molar-refractivity contribution in [2.75, 3.05) is 0 Å². The van der Waals surface area contributed by atoms with Crippen molar-refractivity contribution < 1.29 is 0 Å². The van der Waals surface area contributed by atoms with E-state index < -0.39 is 0 Å². The number of aromatic nitrogens is 4. The van der Waals surface area contributed by atoms with E-state index in [9.17, 15) is 0 Å². The van der Waals surface area contributed by atoms with Crippen LogP contribution in [0.3, 0.4) is 0 Å². The maximum Gasteiger partial charge on any atom is 0.164 e. The van der Waals surface area contributed by atoms with Gasteiger partial charge in [-0.3, -0.25) is 0 Å². The maximum absolute atomic E-state index is 5.12. The van der Waals surface area contributed by atoms with E-state index in [1.54, 1.807) is 0 Å². The summed E-state index contributed by atoms with van der Waals surface area (Å²) in [4.78, 5) is 15.3. The lowest BCUT2D eigenvalue weighted by Gasteiger charge is -2.12. The highest BCUT2D eigenvalue weighted by molar-refractivity contribution is 6.10. The molecule has 0 unspecified atom stereocenters. The van der Waals surface area contributed by atoms with Crippen LogP contribution in [0.15, 0.2) is 231 Å². The predicted molar refractivity (Wildman–Crippen MR) is 252 cm³/mol. The summed E-state index contributed by atoms with van der Waals surface area (Å²) in [7, 11) is 0. The molecule has 2 heterocycles. The normalized spacial score (nSPS) is 11.3. The van der Waals surface area contributed by atoms with Gasteiger partial charge in [-0.25, -0.2) is 15.0 Å². The molecule has 11 rings (SSSR count). The molecule has 0 spiro atoms. The van der Waals surface area contributed by atoms with E-state index in [1.165, 1.54) is 38.6 Å². The molecule has 4 nitrogen and oxygen atoms in total. The highest BCUT2D eigenvalue weighted by atomic mass is 15.0. The van der Waals surface area contributed by atoms with Crippen molar-refractivity contribution in [2.45, 2.75) is 0 Å². The van der Waals surface area contributed by atoms with E-state index in [-0.39, 0.29) is 0 Å². The summed E-state index contributed by atoms with van der Waals surface area (Å²) in [6, 6.07) is 81.2. The lowest BCUT2D eigenvalue weighted by Crippen LogP contribution is -2.00. The Bertz CT molecular complexity index is 3300. The van der Waals surface area contributed by atoms with E-state index in [2.05, 4.69) is 223 Å². The zero-order valence-corrected chi connectivity index (χ0v) is 33.2. The number of para-hydroxylation sites is 1. The number of rotatable bonds is 8. The second-order valence-electron chi connectivity index (χ2n) is 15.3. The van der Waals surface area contributed by atoms with Crippen molar-refractivity contribution in [3.05, 3.63) is 231 Å². The molecule has 4 heteroatoms. The Hall–Kier alpha value is -8.21. The van der Waals surface area contributed by atoms with Gasteiger partial charge in [0.1, 0.15) is 0 Å². The Morgan fingerprint density at radius 3 is 1.10 bits per heavy atom. The van der Waals surface area contributed by atoms with Crippen LogP contribution in [0.5, 0.6) is 0 Å². The fourth-order valence-corrected chi connectivity index (χ4v) is 8.35. The third-order valence-electron chi connectivity index (χ3n) is 11.5. The second-order valence-corrected chi connectivity index (χ2v) is 15.3. The fourth-order valence-electron chi connectivity index (χ4n) is 8.35. The molecule has 2 aromatic heterocycles. The van der Waals surface area contributed by atoms with Crippen molar-refractivity contribution in [1.82, 2.24) is 19.5 Å². The maximum atomic E-state index is 5.12. The fraction of sp³-hybridized carbons (Fsp3) is 0. The zero-order chi connectivity index (χ0) is 40.5. The molecule has 0 aliphatic rings. The SMILES string of the molecule is c1ccc(-c2ccc(-c3nc(-c4ccc(-c5cccc(-c6ccccc6)c5)cc4)nc(-c4ccc(-n5c6ccccc6c6cc(-c7ccccc7)ccc65)cc4)n3)cc2)cc1. The van der Waals surface area contributed by atoms with Crippen LogP contribution in [0.4, 0.5) is 0 Å². The molecule has 0 aliphatic carbocycles. The van der Waals surface area contributed by atoms with Gasteiger partial charge in [-0.2, -0.15) is 0 Å². The lowest BCUT2D eigenvalue weighted by atomic mass is 9.98. The van der Waals surface area contributed by atoms with Gasteiger partial charge in [0.15, 0.2) is 17.5 Å². The van der Waals surface area contributed by atoms with Crippen molar-refractivity contribution >= 4 is 21.8 Å². The molecule has 0 radical (unpaired) electrons. The van der Waals surface area contributed by atoms with E-state index in [1.807, 2.05) is 12.1 Å². The molecule has 0 bridgehead atoms. The van der Waals surface area contributed by atoms with Gasteiger partial charge in [-0.05, 0) is 93.0 Å². The number of hydrogen-bond acceptors (Lipinski definition) is 3. The molecule has 0 atom stereocenters. The molecule has 9 aromatic carbocycles. The molecule has 0 saturated heterocycles. The molecular formula is C57H38N4. The van der Waals surface area contributed by atoms with E-state index in [0.29, 0.717) is 17.5 Å². The first-order valence-electron chi connectivity index (χ1n) is 20.6. The first kappa shape index (κ1) is 35.9. The number of hydrogen-bond donors (Lipinski definition) is 0. The summed E-state index contributed by atoms with van der Waals surface area (Å²) in [6.45, 7) is 0. The number of fused-ring (bicyclic) bond motifs is 3. The first-order valence-corrected chi connectivity index (χ1v) is 20.6. The van der Waals surface area contributed by atoms with Gasteiger partial charge in [-0.1, -0.05) is 182 Å². The van der Waals surface area contributed by atoms with Crippen LogP contribution in [-0.2, 0) is 0 Å². The first-order chi connectivity index (χ1) is 30.2. The van der Waals surface area contributed by atoms with Crippen LogP contribution in [0.2, 0.25) is 0 Å². The van der Waals surface area contributed by atoms with Crippen molar-refractivity contribution in [3.8, 4) is 84.4 Å². The number of benzene rings is 9. The summed E-state index contributed by atoms with van der Waals surface area (Å²) in [6.07, 6.45) is 0. The van der Waals surface area contributed by atoms with Gasteiger partial charge in [0, 0.05) is 33.2 Å². The number of nitrogens with zero attached hydrogens (tertiary/aromatic N) is 4. The van der Waals surface area contributed by atoms with Crippen molar-refractivity contribution in [3.63, 3.8) is 0 Å². The Morgan fingerprint density at radius 2 is 0.574 bits per heavy atom. The second kappa shape index (κ2) is 15.5. The summed E-state index contributed by atoms with van der Waals surface area (Å²) in [5, 5.41) is 2.44. The monoisotopic (exact) mass is 778 g/mol. The average Bonchev–Trinajstić information content (AvgIpc) is 3.68. The minimum Gasteiger partial charge on any atom is -0.309 e. The quantitative estimate of drug-likeness (QED) is 0.154. The predicted octanol–water partition coefficient (Wildman–Crippen LogP) is 14.6. The smallest absolute Gasteiger partial charge is 0.164 e. The minimum atomic E-state index is 0.619. The molecule has 0 aliphatic heterocycles. The van der Waals surface area contributed by atoms with Crippen LogP contribution < -0.4 is 0 Å². The molecular weight excluding hydrogens is 741 g/mol. The van der Waals surface area contributed by atoms with Crippen LogP contribution in [0.1, 0.15) is 0 Å². The van der Waals surface area contributed by atoms with Crippen LogP contribution in [-0.4, -0.2) is 19.5 Å². The Balaban J connectivity index is 0.977. The average molecular weight is 779 g/mol. The summed E-state index contributed by atoms with van der Waals surface area (Å²) in [5.74, 6) is 1.87. The highest BCUT2D eigenvalue weighted by Crippen LogP contribution is 2.36. The van der Waals surface area contributed by atoms with E-state index in [4.69, 9.17) is 15.0 Å². The molecule has 0 saturated carbocycles. The standard InChI is InChI=1S/C57H38N4/c1-4-13-39(14-5-1)42-23-27-44(28-24-42)55-58-56(45-29-25-43(26-30-45)48-20-12-19-47(37-48)40-15-6-2-7-16-40)60-57(59-55)46-31-34-50(35-32-46)61-53-22-11-10-21-51(53)52-38-49(33-36-54(52)61)41-17-8-3-9-18-41/h1-38H.